The number of hydrogen-bond donors (Lipinski definition) is 1. The summed E-state index contributed by atoms with van der Waals surface area (Å²) >= 11 is 0. The van der Waals surface area contributed by atoms with Crippen LogP contribution in [0.25, 0.3) is 0 Å². The Bertz CT molecular complexity index is 269. The van der Waals surface area contributed by atoms with Gasteiger partial charge < -0.3 is 5.32 Å². The van der Waals surface area contributed by atoms with Crippen LogP contribution in [0.15, 0.2) is 0 Å². The van der Waals surface area contributed by atoms with E-state index in [1.54, 1.807) is 0 Å². The van der Waals surface area contributed by atoms with E-state index in [1.807, 2.05) is 6.92 Å². The maximum Gasteiger partial charge on any atom is 0.150 e. The van der Waals surface area contributed by atoms with Crippen LogP contribution in [-0.4, -0.2) is 32.5 Å². The first-order valence-corrected chi connectivity index (χ1v) is 8.40. The third kappa shape index (κ3) is 5.85. The van der Waals surface area contributed by atoms with E-state index in [2.05, 4.69) is 5.32 Å². The van der Waals surface area contributed by atoms with Crippen LogP contribution in [0.5, 0.6) is 0 Å². The summed E-state index contributed by atoms with van der Waals surface area (Å²) in [5.41, 5.74) is 0. The van der Waals surface area contributed by atoms with Crippen LogP contribution >= 0.6 is 0 Å². The third-order valence-electron chi connectivity index (χ3n) is 3.19. The van der Waals surface area contributed by atoms with Crippen LogP contribution in [0.4, 0.5) is 0 Å². The highest BCUT2D eigenvalue weighted by molar-refractivity contribution is 7.91. The van der Waals surface area contributed by atoms with Crippen molar-refractivity contribution in [2.45, 2.75) is 57.9 Å². The molecule has 16 heavy (non-hydrogen) atoms. The molecule has 0 aromatic rings. The molecule has 1 aliphatic carbocycles. The van der Waals surface area contributed by atoms with Crippen molar-refractivity contribution in [1.29, 1.82) is 0 Å². The Labute approximate surface area is 99.9 Å². The summed E-state index contributed by atoms with van der Waals surface area (Å²) in [4.78, 5) is 0. The molecule has 0 aliphatic heterocycles. The van der Waals surface area contributed by atoms with Crippen LogP contribution in [0, 0.1) is 0 Å². The van der Waals surface area contributed by atoms with Crippen molar-refractivity contribution < 1.29 is 8.42 Å². The molecule has 0 bridgehead atoms. The van der Waals surface area contributed by atoms with Crippen molar-refractivity contribution in [2.75, 3.05) is 18.1 Å². The van der Waals surface area contributed by atoms with Gasteiger partial charge in [-0.3, -0.25) is 0 Å². The highest BCUT2D eigenvalue weighted by Crippen LogP contribution is 2.17. The maximum absolute atomic E-state index is 11.5. The lowest BCUT2D eigenvalue weighted by Crippen LogP contribution is -2.32. The molecule has 96 valence electrons. The molecule has 1 fully saturated rings. The first kappa shape index (κ1) is 14.0. The SMILES string of the molecule is CCCS(=O)(=O)CCCNC1CCCCC1. The van der Waals surface area contributed by atoms with Crippen molar-refractivity contribution in [1.82, 2.24) is 5.32 Å². The number of hydrogen-bond acceptors (Lipinski definition) is 3. The van der Waals surface area contributed by atoms with Gasteiger partial charge in [-0.2, -0.15) is 0 Å². The van der Waals surface area contributed by atoms with Crippen molar-refractivity contribution in [3.63, 3.8) is 0 Å². The number of nitrogens with one attached hydrogen (secondary N) is 1. The minimum absolute atomic E-state index is 0.344. The van der Waals surface area contributed by atoms with Crippen molar-refractivity contribution in [2.24, 2.45) is 0 Å². The molecule has 0 aromatic heterocycles. The molecule has 3 nitrogen and oxygen atoms in total. The van der Waals surface area contributed by atoms with E-state index in [0.717, 1.165) is 19.4 Å². The molecular weight excluding hydrogens is 222 g/mol. The van der Waals surface area contributed by atoms with Crippen molar-refractivity contribution >= 4 is 9.84 Å². The predicted octanol–water partition coefficient (Wildman–Crippen LogP) is 2.12. The molecule has 4 heteroatoms. The molecule has 0 amide bonds. The van der Waals surface area contributed by atoms with Gasteiger partial charge in [-0.15, -0.1) is 0 Å². The zero-order chi connectivity index (χ0) is 11.9. The molecule has 0 saturated heterocycles. The van der Waals surface area contributed by atoms with Gasteiger partial charge in [0.1, 0.15) is 9.84 Å². The Balaban J connectivity index is 2.06. The zero-order valence-corrected chi connectivity index (χ0v) is 11.2. The second kappa shape index (κ2) is 7.28. The van der Waals surface area contributed by atoms with E-state index in [9.17, 15) is 8.42 Å². The van der Waals surface area contributed by atoms with Gasteiger partial charge in [-0.25, -0.2) is 8.42 Å². The Kier molecular flexibility index (Phi) is 6.36. The highest BCUT2D eigenvalue weighted by Gasteiger charge is 2.13. The van der Waals surface area contributed by atoms with Gasteiger partial charge in [0.05, 0.1) is 5.75 Å². The summed E-state index contributed by atoms with van der Waals surface area (Å²) in [6.45, 7) is 2.77. The quantitative estimate of drug-likeness (QED) is 0.701. The average Bonchev–Trinajstić information content (AvgIpc) is 2.26. The van der Waals surface area contributed by atoms with Crippen LogP contribution in [0.2, 0.25) is 0 Å². The van der Waals surface area contributed by atoms with E-state index in [4.69, 9.17) is 0 Å². The van der Waals surface area contributed by atoms with Gasteiger partial charge in [-0.05, 0) is 32.2 Å². The average molecular weight is 247 g/mol. The molecule has 0 heterocycles. The van der Waals surface area contributed by atoms with Gasteiger partial charge in [0.25, 0.3) is 0 Å². The molecule has 0 radical (unpaired) electrons. The lowest BCUT2D eigenvalue weighted by atomic mass is 9.95. The Hall–Kier alpha value is -0.0900. The van der Waals surface area contributed by atoms with E-state index < -0.39 is 9.84 Å². The lowest BCUT2D eigenvalue weighted by Gasteiger charge is -2.22. The topological polar surface area (TPSA) is 46.2 Å². The summed E-state index contributed by atoms with van der Waals surface area (Å²) in [6.07, 6.45) is 8.04. The Morgan fingerprint density at radius 2 is 1.81 bits per heavy atom. The summed E-state index contributed by atoms with van der Waals surface area (Å²) < 4.78 is 22.9. The molecule has 0 spiro atoms. The first-order valence-electron chi connectivity index (χ1n) is 6.58. The molecule has 1 saturated carbocycles. The summed E-state index contributed by atoms with van der Waals surface area (Å²) in [5.74, 6) is 0.691. The lowest BCUT2D eigenvalue weighted by molar-refractivity contribution is 0.374. The second-order valence-corrected chi connectivity index (χ2v) is 7.10. The van der Waals surface area contributed by atoms with E-state index in [-0.39, 0.29) is 0 Å². The fourth-order valence-electron chi connectivity index (χ4n) is 2.32. The molecule has 1 rings (SSSR count). The van der Waals surface area contributed by atoms with Crippen LogP contribution < -0.4 is 5.32 Å². The monoisotopic (exact) mass is 247 g/mol. The normalized spacial score (nSPS) is 18.8. The van der Waals surface area contributed by atoms with Crippen LogP contribution in [0.3, 0.4) is 0 Å². The van der Waals surface area contributed by atoms with Gasteiger partial charge in [0, 0.05) is 11.8 Å². The molecule has 1 N–H and O–H groups in total. The van der Waals surface area contributed by atoms with E-state index >= 15 is 0 Å². The second-order valence-electron chi connectivity index (χ2n) is 4.79. The van der Waals surface area contributed by atoms with Gasteiger partial charge in [0.2, 0.25) is 0 Å². The Morgan fingerprint density at radius 3 is 2.44 bits per heavy atom. The minimum atomic E-state index is -2.77. The molecular formula is C12H25NO2S. The molecule has 1 aliphatic rings. The van der Waals surface area contributed by atoms with Gasteiger partial charge in [-0.1, -0.05) is 26.2 Å². The largest absolute Gasteiger partial charge is 0.314 e. The fourth-order valence-corrected chi connectivity index (χ4v) is 3.73. The summed E-state index contributed by atoms with van der Waals surface area (Å²) in [6, 6.07) is 0.641. The van der Waals surface area contributed by atoms with Gasteiger partial charge in [0.15, 0.2) is 0 Å². The van der Waals surface area contributed by atoms with Crippen molar-refractivity contribution in [3.05, 3.63) is 0 Å². The zero-order valence-electron chi connectivity index (χ0n) is 10.4. The summed E-state index contributed by atoms with van der Waals surface area (Å²) in [7, 11) is -2.77. The minimum Gasteiger partial charge on any atom is -0.314 e. The van der Waals surface area contributed by atoms with E-state index in [1.165, 1.54) is 32.1 Å². The van der Waals surface area contributed by atoms with E-state index in [0.29, 0.717) is 17.5 Å². The smallest absolute Gasteiger partial charge is 0.150 e. The predicted molar refractivity (Wildman–Crippen MR) is 68.4 cm³/mol. The molecule has 0 unspecified atom stereocenters. The van der Waals surface area contributed by atoms with Crippen molar-refractivity contribution in [3.8, 4) is 0 Å². The fraction of sp³-hybridized carbons (Fsp3) is 1.00. The first-order chi connectivity index (χ1) is 7.64. The van der Waals surface area contributed by atoms with Gasteiger partial charge >= 0.3 is 0 Å². The maximum atomic E-state index is 11.5. The Morgan fingerprint density at radius 1 is 1.12 bits per heavy atom. The van der Waals surface area contributed by atoms with Crippen LogP contribution in [0.1, 0.15) is 51.9 Å². The third-order valence-corrected chi connectivity index (χ3v) is 5.13. The van der Waals surface area contributed by atoms with Crippen LogP contribution in [-0.2, 0) is 9.84 Å². The molecule has 0 atom stereocenters. The number of rotatable bonds is 7. The summed E-state index contributed by atoms with van der Waals surface area (Å²) in [5, 5.41) is 3.47. The molecule has 0 aromatic carbocycles. The number of sulfone groups is 1. The standard InChI is InChI=1S/C12H25NO2S/c1-2-10-16(14,15)11-6-9-13-12-7-4-3-5-8-12/h12-13H,2-11H2,1H3. The highest BCUT2D eigenvalue weighted by atomic mass is 32.2.